The lowest BCUT2D eigenvalue weighted by atomic mass is 9.86. The molecule has 1 aliphatic rings. The summed E-state index contributed by atoms with van der Waals surface area (Å²) in [5.74, 6) is -0.0615. The van der Waals surface area contributed by atoms with Gasteiger partial charge in [-0.15, -0.1) is 0 Å². The monoisotopic (exact) mass is 340 g/mol. The Hall–Kier alpha value is -2.96. The Kier molecular flexibility index (Phi) is 4.16. The van der Waals surface area contributed by atoms with Gasteiger partial charge in [0.05, 0.1) is 16.0 Å². The summed E-state index contributed by atoms with van der Waals surface area (Å²) < 4.78 is 0. The highest BCUT2D eigenvalue weighted by Crippen LogP contribution is 2.45. The van der Waals surface area contributed by atoms with Crippen LogP contribution in [-0.2, 0) is 16.6 Å². The van der Waals surface area contributed by atoms with Crippen LogP contribution < -0.4 is 10.6 Å². The van der Waals surface area contributed by atoms with Crippen LogP contribution in [0.1, 0.15) is 31.4 Å². The van der Waals surface area contributed by atoms with Gasteiger partial charge < -0.3 is 10.6 Å². The number of nitro groups is 1. The largest absolute Gasteiger partial charge is 0.393 e. The highest BCUT2D eigenvalue weighted by molar-refractivity contribution is 6.08. The number of anilines is 2. The first-order valence-electron chi connectivity index (χ1n) is 8.11. The molecule has 0 bridgehead atoms. The molecule has 0 fully saturated rings. The van der Waals surface area contributed by atoms with Crippen molar-refractivity contribution in [1.29, 1.82) is 0 Å². The van der Waals surface area contributed by atoms with E-state index in [1.807, 2.05) is 26.0 Å². The minimum Gasteiger partial charge on any atom is -0.393 e. The number of rotatable bonds is 5. The second-order valence-electron chi connectivity index (χ2n) is 6.73. The Morgan fingerprint density at radius 1 is 1.36 bits per heavy atom. The van der Waals surface area contributed by atoms with Crippen molar-refractivity contribution in [2.75, 3.05) is 17.2 Å². The smallest absolute Gasteiger partial charge is 0.294 e. The van der Waals surface area contributed by atoms with Gasteiger partial charge in [0.2, 0.25) is 5.91 Å². The van der Waals surface area contributed by atoms with Crippen LogP contribution in [0.5, 0.6) is 0 Å². The van der Waals surface area contributed by atoms with Crippen LogP contribution in [0.15, 0.2) is 36.7 Å². The van der Waals surface area contributed by atoms with E-state index in [0.717, 1.165) is 24.0 Å². The molecule has 2 aromatic rings. The van der Waals surface area contributed by atoms with Gasteiger partial charge >= 0.3 is 0 Å². The predicted octanol–water partition coefficient (Wildman–Crippen LogP) is 2.83. The molecule has 1 aromatic heterocycles. The van der Waals surface area contributed by atoms with E-state index in [0.29, 0.717) is 12.2 Å². The summed E-state index contributed by atoms with van der Waals surface area (Å²) in [4.78, 5) is 29.2. The first kappa shape index (κ1) is 16.9. The van der Waals surface area contributed by atoms with Crippen molar-refractivity contribution in [2.45, 2.75) is 32.1 Å². The number of pyridine rings is 1. The Morgan fingerprint density at radius 3 is 2.76 bits per heavy atom. The van der Waals surface area contributed by atoms with Crippen molar-refractivity contribution in [3.05, 3.63) is 57.9 Å². The molecule has 0 aliphatic carbocycles. The normalized spacial score (nSPS) is 15.3. The molecule has 7 heteroatoms. The average molecular weight is 340 g/mol. The van der Waals surface area contributed by atoms with Gasteiger partial charge in [-0.25, -0.2) is 0 Å². The SMILES string of the molecule is CC1(C)C(=O)N(CCCc2cccnc2)c2cc([N+](=O)[O-])c(N)cc21. The van der Waals surface area contributed by atoms with Crippen molar-refractivity contribution in [3.63, 3.8) is 0 Å². The first-order chi connectivity index (χ1) is 11.8. The number of nitrogen functional groups attached to an aromatic ring is 1. The third-order valence-electron chi connectivity index (χ3n) is 4.66. The van der Waals surface area contributed by atoms with Gasteiger partial charge in [-0.1, -0.05) is 6.07 Å². The fourth-order valence-corrected chi connectivity index (χ4v) is 3.25. The molecule has 2 heterocycles. The number of nitrogens with two attached hydrogens (primary N) is 1. The topological polar surface area (TPSA) is 102 Å². The quantitative estimate of drug-likeness (QED) is 0.512. The summed E-state index contributed by atoms with van der Waals surface area (Å²) in [5, 5.41) is 11.2. The Bertz CT molecular complexity index is 834. The van der Waals surface area contributed by atoms with E-state index < -0.39 is 10.3 Å². The number of aryl methyl sites for hydroxylation is 1. The Labute approximate surface area is 145 Å². The van der Waals surface area contributed by atoms with Gasteiger partial charge in [-0.2, -0.15) is 0 Å². The molecule has 2 N–H and O–H groups in total. The Morgan fingerprint density at radius 2 is 2.12 bits per heavy atom. The number of nitrogens with zero attached hydrogens (tertiary/aromatic N) is 3. The van der Waals surface area contributed by atoms with E-state index in [4.69, 9.17) is 5.73 Å². The van der Waals surface area contributed by atoms with Gasteiger partial charge in [0.25, 0.3) is 5.69 Å². The standard InChI is InChI=1S/C18H20N4O3/c1-18(2)13-9-14(19)16(22(24)25)10-15(13)21(17(18)23)8-4-6-12-5-3-7-20-11-12/h3,5,7,9-11H,4,6,8,19H2,1-2H3. The van der Waals surface area contributed by atoms with Gasteiger partial charge in [0.15, 0.2) is 0 Å². The zero-order valence-corrected chi connectivity index (χ0v) is 14.2. The molecule has 1 aliphatic heterocycles. The van der Waals surface area contributed by atoms with Crippen molar-refractivity contribution < 1.29 is 9.72 Å². The third kappa shape index (κ3) is 2.93. The molecule has 0 saturated carbocycles. The summed E-state index contributed by atoms with van der Waals surface area (Å²) in [6.45, 7) is 4.13. The molecule has 7 nitrogen and oxygen atoms in total. The maximum Gasteiger partial charge on any atom is 0.294 e. The van der Waals surface area contributed by atoms with Crippen molar-refractivity contribution in [1.82, 2.24) is 4.98 Å². The number of fused-ring (bicyclic) bond motifs is 1. The maximum atomic E-state index is 12.8. The molecule has 0 saturated heterocycles. The summed E-state index contributed by atoms with van der Waals surface area (Å²) in [7, 11) is 0. The summed E-state index contributed by atoms with van der Waals surface area (Å²) >= 11 is 0. The molecule has 1 amide bonds. The average Bonchev–Trinajstić information content (AvgIpc) is 2.75. The highest BCUT2D eigenvalue weighted by atomic mass is 16.6. The minimum absolute atomic E-state index is 0.0615. The van der Waals surface area contributed by atoms with Crippen molar-refractivity contribution >= 4 is 23.0 Å². The van der Waals surface area contributed by atoms with Gasteiger partial charge in [-0.05, 0) is 49.9 Å². The second-order valence-corrected chi connectivity index (χ2v) is 6.73. The summed E-state index contributed by atoms with van der Waals surface area (Å²) in [5.41, 5.74) is 7.40. The second kappa shape index (κ2) is 6.16. The number of benzene rings is 1. The van der Waals surface area contributed by atoms with E-state index >= 15 is 0 Å². The van der Waals surface area contributed by atoms with Crippen LogP contribution in [0.2, 0.25) is 0 Å². The van der Waals surface area contributed by atoms with Crippen molar-refractivity contribution in [3.8, 4) is 0 Å². The summed E-state index contributed by atoms with van der Waals surface area (Å²) in [6, 6.07) is 6.84. The summed E-state index contributed by atoms with van der Waals surface area (Å²) in [6.07, 6.45) is 5.04. The van der Waals surface area contributed by atoms with E-state index in [-0.39, 0.29) is 17.3 Å². The van der Waals surface area contributed by atoms with E-state index in [9.17, 15) is 14.9 Å². The molecule has 3 rings (SSSR count). The molecule has 25 heavy (non-hydrogen) atoms. The van der Waals surface area contributed by atoms with Crippen LogP contribution in [0.25, 0.3) is 0 Å². The van der Waals surface area contributed by atoms with Gasteiger partial charge in [0.1, 0.15) is 5.69 Å². The Balaban J connectivity index is 1.87. The molecule has 130 valence electrons. The van der Waals surface area contributed by atoms with E-state index in [2.05, 4.69) is 4.98 Å². The lowest BCUT2D eigenvalue weighted by Crippen LogP contribution is -2.36. The number of hydrogen-bond acceptors (Lipinski definition) is 5. The fourth-order valence-electron chi connectivity index (χ4n) is 3.25. The molecular formula is C18H20N4O3. The number of hydrogen-bond donors (Lipinski definition) is 1. The fraction of sp³-hybridized carbons (Fsp3) is 0.333. The van der Waals surface area contributed by atoms with Gasteiger partial charge in [-0.3, -0.25) is 19.9 Å². The lowest BCUT2D eigenvalue weighted by Gasteiger charge is -2.20. The molecule has 1 aromatic carbocycles. The molecule has 0 spiro atoms. The van der Waals surface area contributed by atoms with Crippen LogP contribution in [0, 0.1) is 10.1 Å². The van der Waals surface area contributed by atoms with Crippen LogP contribution in [0.4, 0.5) is 17.1 Å². The minimum atomic E-state index is -0.743. The molecular weight excluding hydrogens is 320 g/mol. The number of carbonyl (C=O) groups is 1. The first-order valence-corrected chi connectivity index (χ1v) is 8.11. The number of carbonyl (C=O) groups excluding carboxylic acids is 1. The molecule has 0 radical (unpaired) electrons. The van der Waals surface area contributed by atoms with Gasteiger partial charge in [0, 0.05) is 25.0 Å². The van der Waals surface area contributed by atoms with E-state index in [1.54, 1.807) is 23.4 Å². The predicted molar refractivity (Wildman–Crippen MR) is 95.4 cm³/mol. The lowest BCUT2D eigenvalue weighted by molar-refractivity contribution is -0.383. The highest BCUT2D eigenvalue weighted by Gasteiger charge is 2.44. The van der Waals surface area contributed by atoms with Crippen LogP contribution in [-0.4, -0.2) is 22.4 Å². The molecule has 0 atom stereocenters. The number of aromatic nitrogens is 1. The maximum absolute atomic E-state index is 12.8. The zero-order valence-electron chi connectivity index (χ0n) is 14.2. The van der Waals surface area contributed by atoms with Crippen molar-refractivity contribution in [2.24, 2.45) is 0 Å². The number of amides is 1. The van der Waals surface area contributed by atoms with E-state index in [1.165, 1.54) is 6.07 Å². The number of nitro benzene ring substituents is 1. The zero-order chi connectivity index (χ0) is 18.2. The van der Waals surface area contributed by atoms with Crippen LogP contribution >= 0.6 is 0 Å². The molecule has 0 unspecified atom stereocenters. The van der Waals surface area contributed by atoms with Crippen LogP contribution in [0.3, 0.4) is 0 Å². The third-order valence-corrected chi connectivity index (χ3v) is 4.66.